The number of hydrogen-bond acceptors (Lipinski definition) is 2. The van der Waals surface area contributed by atoms with Gasteiger partial charge in [-0.15, -0.1) is 6.58 Å². The zero-order chi connectivity index (χ0) is 10.2. The molecule has 0 amide bonds. The zero-order valence-electron chi connectivity index (χ0n) is 8.08. The van der Waals surface area contributed by atoms with Crippen LogP contribution in [0.3, 0.4) is 0 Å². The molecule has 0 saturated carbocycles. The Morgan fingerprint density at radius 2 is 2.43 bits per heavy atom. The second-order valence-corrected chi connectivity index (χ2v) is 3.36. The molecule has 1 heterocycles. The van der Waals surface area contributed by atoms with Gasteiger partial charge in [0.05, 0.1) is 6.61 Å². The van der Waals surface area contributed by atoms with Gasteiger partial charge in [0, 0.05) is 12.8 Å². The number of nitrogens with zero attached hydrogens (tertiary/aromatic N) is 1. The highest BCUT2D eigenvalue weighted by molar-refractivity contribution is 6.29. The second-order valence-electron chi connectivity index (χ2n) is 2.97. The van der Waals surface area contributed by atoms with Crippen LogP contribution >= 0.6 is 11.6 Å². The standard InChI is InChI=1S/C11H14ClNO/c1-2-3-4-7-14-9-10-5-6-13-11(12)8-10/h2,5-6,8H,1,3-4,7,9H2. The Balaban J connectivity index is 2.21. The molecule has 0 atom stereocenters. The van der Waals surface area contributed by atoms with Crippen molar-refractivity contribution in [3.8, 4) is 0 Å². The van der Waals surface area contributed by atoms with E-state index in [2.05, 4.69) is 11.6 Å². The largest absolute Gasteiger partial charge is 0.377 e. The molecule has 0 bridgehead atoms. The van der Waals surface area contributed by atoms with Gasteiger partial charge in [-0.1, -0.05) is 17.7 Å². The van der Waals surface area contributed by atoms with Crippen LogP contribution < -0.4 is 0 Å². The molecule has 14 heavy (non-hydrogen) atoms. The van der Waals surface area contributed by atoms with Crippen LogP contribution in [0.2, 0.25) is 5.15 Å². The van der Waals surface area contributed by atoms with Crippen LogP contribution in [0.25, 0.3) is 0 Å². The predicted molar refractivity (Wildman–Crippen MR) is 58.3 cm³/mol. The average Bonchev–Trinajstić information content (AvgIpc) is 2.18. The Labute approximate surface area is 89.6 Å². The van der Waals surface area contributed by atoms with E-state index in [0.717, 1.165) is 25.0 Å². The molecule has 0 N–H and O–H groups in total. The van der Waals surface area contributed by atoms with Gasteiger partial charge in [0.1, 0.15) is 5.15 Å². The van der Waals surface area contributed by atoms with E-state index in [-0.39, 0.29) is 0 Å². The Kier molecular flexibility index (Phi) is 5.27. The maximum Gasteiger partial charge on any atom is 0.129 e. The number of unbranched alkanes of at least 4 members (excludes halogenated alkanes) is 1. The summed E-state index contributed by atoms with van der Waals surface area (Å²) in [5.74, 6) is 0. The van der Waals surface area contributed by atoms with E-state index in [1.807, 2.05) is 18.2 Å². The van der Waals surface area contributed by atoms with Crippen molar-refractivity contribution < 1.29 is 4.74 Å². The van der Waals surface area contributed by atoms with Crippen molar-refractivity contribution in [1.29, 1.82) is 0 Å². The Morgan fingerprint density at radius 3 is 3.14 bits per heavy atom. The molecule has 0 aliphatic heterocycles. The van der Waals surface area contributed by atoms with Crippen LogP contribution in [0.4, 0.5) is 0 Å². The lowest BCUT2D eigenvalue weighted by atomic mass is 10.3. The van der Waals surface area contributed by atoms with Crippen molar-refractivity contribution in [2.24, 2.45) is 0 Å². The number of ether oxygens (including phenoxy) is 1. The summed E-state index contributed by atoms with van der Waals surface area (Å²) in [6.45, 7) is 5.00. The van der Waals surface area contributed by atoms with E-state index in [1.54, 1.807) is 6.20 Å². The number of aromatic nitrogens is 1. The summed E-state index contributed by atoms with van der Waals surface area (Å²) >= 11 is 5.73. The summed E-state index contributed by atoms with van der Waals surface area (Å²) in [4.78, 5) is 3.89. The van der Waals surface area contributed by atoms with Gasteiger partial charge in [0.15, 0.2) is 0 Å². The highest BCUT2D eigenvalue weighted by Gasteiger charge is 1.94. The topological polar surface area (TPSA) is 22.1 Å². The third kappa shape index (κ3) is 4.40. The first-order valence-electron chi connectivity index (χ1n) is 4.62. The fourth-order valence-corrected chi connectivity index (χ4v) is 1.25. The summed E-state index contributed by atoms with van der Waals surface area (Å²) in [5, 5.41) is 0.511. The number of rotatable bonds is 6. The van der Waals surface area contributed by atoms with Gasteiger partial charge in [0.25, 0.3) is 0 Å². The van der Waals surface area contributed by atoms with E-state index in [4.69, 9.17) is 16.3 Å². The van der Waals surface area contributed by atoms with E-state index in [9.17, 15) is 0 Å². The summed E-state index contributed by atoms with van der Waals surface area (Å²) in [6, 6.07) is 3.72. The molecule has 0 spiro atoms. The first kappa shape index (κ1) is 11.2. The maximum absolute atomic E-state index is 5.73. The average molecular weight is 212 g/mol. The van der Waals surface area contributed by atoms with Gasteiger partial charge in [0.2, 0.25) is 0 Å². The van der Waals surface area contributed by atoms with Gasteiger partial charge in [-0.2, -0.15) is 0 Å². The Bertz CT molecular complexity index is 288. The van der Waals surface area contributed by atoms with Crippen LogP contribution in [0.15, 0.2) is 31.0 Å². The van der Waals surface area contributed by atoms with Crippen LogP contribution in [0.5, 0.6) is 0 Å². The smallest absolute Gasteiger partial charge is 0.129 e. The van der Waals surface area contributed by atoms with E-state index < -0.39 is 0 Å². The van der Waals surface area contributed by atoms with Crippen LogP contribution in [-0.4, -0.2) is 11.6 Å². The normalized spacial score (nSPS) is 10.1. The molecule has 1 aromatic heterocycles. The van der Waals surface area contributed by atoms with E-state index in [1.165, 1.54) is 0 Å². The molecule has 0 fully saturated rings. The molecule has 0 aliphatic rings. The molecule has 0 unspecified atom stereocenters. The highest BCUT2D eigenvalue weighted by Crippen LogP contribution is 2.08. The van der Waals surface area contributed by atoms with Crippen LogP contribution in [0.1, 0.15) is 18.4 Å². The summed E-state index contributed by atoms with van der Waals surface area (Å²) < 4.78 is 5.44. The molecular formula is C11H14ClNO. The van der Waals surface area contributed by atoms with Gasteiger partial charge >= 0.3 is 0 Å². The van der Waals surface area contributed by atoms with Crippen molar-refractivity contribution in [2.75, 3.05) is 6.61 Å². The summed E-state index contributed by atoms with van der Waals surface area (Å²) in [5.41, 5.74) is 1.06. The minimum absolute atomic E-state index is 0.511. The minimum atomic E-state index is 0.511. The van der Waals surface area contributed by atoms with Crippen LogP contribution in [-0.2, 0) is 11.3 Å². The summed E-state index contributed by atoms with van der Waals surface area (Å²) in [7, 11) is 0. The molecule has 76 valence electrons. The molecular weight excluding hydrogens is 198 g/mol. The lowest BCUT2D eigenvalue weighted by Gasteiger charge is -2.03. The third-order valence-corrected chi connectivity index (χ3v) is 1.96. The fraction of sp³-hybridized carbons (Fsp3) is 0.364. The molecule has 1 rings (SSSR count). The monoisotopic (exact) mass is 211 g/mol. The summed E-state index contributed by atoms with van der Waals surface area (Å²) in [6.07, 6.45) is 5.59. The second kappa shape index (κ2) is 6.57. The van der Waals surface area contributed by atoms with Crippen molar-refractivity contribution in [2.45, 2.75) is 19.4 Å². The first-order chi connectivity index (χ1) is 6.83. The Hall–Kier alpha value is -0.860. The van der Waals surface area contributed by atoms with Crippen molar-refractivity contribution >= 4 is 11.6 Å². The molecule has 0 aromatic carbocycles. The number of pyridine rings is 1. The van der Waals surface area contributed by atoms with Gasteiger partial charge in [-0.3, -0.25) is 0 Å². The third-order valence-electron chi connectivity index (χ3n) is 1.76. The van der Waals surface area contributed by atoms with Gasteiger partial charge in [-0.05, 0) is 30.5 Å². The zero-order valence-corrected chi connectivity index (χ0v) is 8.83. The van der Waals surface area contributed by atoms with Crippen LogP contribution in [0, 0.1) is 0 Å². The molecule has 1 aromatic rings. The van der Waals surface area contributed by atoms with Crippen molar-refractivity contribution in [1.82, 2.24) is 4.98 Å². The van der Waals surface area contributed by atoms with E-state index in [0.29, 0.717) is 11.8 Å². The fourth-order valence-electron chi connectivity index (χ4n) is 1.05. The number of halogens is 1. The molecule has 3 heteroatoms. The lowest BCUT2D eigenvalue weighted by Crippen LogP contribution is -1.95. The predicted octanol–water partition coefficient (Wildman–Crippen LogP) is 3.22. The number of hydrogen-bond donors (Lipinski definition) is 0. The lowest BCUT2D eigenvalue weighted by molar-refractivity contribution is 0.119. The van der Waals surface area contributed by atoms with Crippen molar-refractivity contribution in [3.63, 3.8) is 0 Å². The van der Waals surface area contributed by atoms with E-state index >= 15 is 0 Å². The van der Waals surface area contributed by atoms with Gasteiger partial charge in [-0.25, -0.2) is 4.98 Å². The Morgan fingerprint density at radius 1 is 1.57 bits per heavy atom. The molecule has 0 aliphatic carbocycles. The van der Waals surface area contributed by atoms with Gasteiger partial charge < -0.3 is 4.74 Å². The molecule has 0 saturated heterocycles. The molecule has 0 radical (unpaired) electrons. The first-order valence-corrected chi connectivity index (χ1v) is 5.00. The quantitative estimate of drug-likeness (QED) is 0.410. The highest BCUT2D eigenvalue weighted by atomic mass is 35.5. The van der Waals surface area contributed by atoms with Crippen molar-refractivity contribution in [3.05, 3.63) is 41.7 Å². The minimum Gasteiger partial charge on any atom is -0.377 e. The maximum atomic E-state index is 5.73. The number of allylic oxidation sites excluding steroid dienone is 1. The molecule has 2 nitrogen and oxygen atoms in total. The SMILES string of the molecule is C=CCCCOCc1ccnc(Cl)c1.